The molecule has 3 aromatic rings. The van der Waals surface area contributed by atoms with Crippen LogP contribution in [0.1, 0.15) is 16.1 Å². The molecule has 0 radical (unpaired) electrons. The first-order valence-corrected chi connectivity index (χ1v) is 6.99. The van der Waals surface area contributed by atoms with E-state index < -0.39 is 0 Å². The zero-order valence-corrected chi connectivity index (χ0v) is 11.8. The van der Waals surface area contributed by atoms with E-state index in [4.69, 9.17) is 11.6 Å². The highest BCUT2D eigenvalue weighted by molar-refractivity contribution is 7.22. The monoisotopic (exact) mass is 304 g/mol. The van der Waals surface area contributed by atoms with E-state index in [9.17, 15) is 4.79 Å². The minimum atomic E-state index is -0.242. The number of aromatic nitrogens is 3. The van der Waals surface area contributed by atoms with Crippen LogP contribution in [0.25, 0.3) is 10.1 Å². The van der Waals surface area contributed by atoms with Crippen molar-refractivity contribution in [1.82, 2.24) is 20.3 Å². The van der Waals surface area contributed by atoms with E-state index in [1.165, 1.54) is 17.7 Å². The Morgan fingerprint density at radius 3 is 2.95 bits per heavy atom. The molecule has 0 saturated carbocycles. The zero-order chi connectivity index (χ0) is 13.9. The fourth-order valence-electron chi connectivity index (χ4n) is 1.80. The maximum atomic E-state index is 12.2. The van der Waals surface area contributed by atoms with E-state index in [0.717, 1.165) is 15.6 Å². The van der Waals surface area contributed by atoms with Gasteiger partial charge in [-0.25, -0.2) is 9.97 Å². The quantitative estimate of drug-likeness (QED) is 0.808. The second-order valence-corrected chi connectivity index (χ2v) is 5.77. The smallest absolute Gasteiger partial charge is 0.270 e. The number of amides is 1. The summed E-state index contributed by atoms with van der Waals surface area (Å²) >= 11 is 7.40. The Hall–Kier alpha value is -2.05. The molecule has 0 aliphatic carbocycles. The van der Waals surface area contributed by atoms with Crippen LogP contribution in [0.4, 0.5) is 0 Å². The Morgan fingerprint density at radius 2 is 2.15 bits per heavy atom. The van der Waals surface area contributed by atoms with E-state index >= 15 is 0 Å². The van der Waals surface area contributed by atoms with Crippen LogP contribution in [0.15, 0.2) is 37.1 Å². The van der Waals surface area contributed by atoms with Crippen molar-refractivity contribution in [2.45, 2.75) is 6.54 Å². The van der Waals surface area contributed by atoms with Crippen LogP contribution in [0.2, 0.25) is 4.34 Å². The molecule has 0 fully saturated rings. The van der Waals surface area contributed by atoms with E-state index in [0.29, 0.717) is 16.6 Å². The highest BCUT2D eigenvalue weighted by Crippen LogP contribution is 2.30. The number of hydrogen-bond acceptors (Lipinski definition) is 5. The number of carbonyl (C=O) groups is 1. The molecule has 5 nitrogen and oxygen atoms in total. The first kappa shape index (κ1) is 13.0. The van der Waals surface area contributed by atoms with Crippen molar-refractivity contribution in [3.05, 3.63) is 52.6 Å². The summed E-state index contributed by atoms with van der Waals surface area (Å²) in [7, 11) is 0. The maximum absolute atomic E-state index is 12.2. The lowest BCUT2D eigenvalue weighted by molar-refractivity contribution is 0.0948. The second kappa shape index (κ2) is 5.52. The molecule has 3 rings (SSSR count). The van der Waals surface area contributed by atoms with Crippen LogP contribution in [0, 0.1) is 0 Å². The Morgan fingerprint density at radius 1 is 1.35 bits per heavy atom. The molecule has 100 valence electrons. The number of fused-ring (bicyclic) bond motifs is 1. The normalized spacial score (nSPS) is 10.7. The molecule has 3 heterocycles. The fraction of sp³-hybridized carbons (Fsp3) is 0.0769. The molecule has 0 atom stereocenters. The molecule has 0 spiro atoms. The molecule has 0 unspecified atom stereocenters. The molecule has 1 N–H and O–H groups in total. The predicted octanol–water partition coefficient (Wildman–Crippen LogP) is 2.67. The summed E-state index contributed by atoms with van der Waals surface area (Å²) in [5.74, 6) is -0.242. The third-order valence-corrected chi connectivity index (χ3v) is 3.93. The first-order valence-electron chi connectivity index (χ1n) is 5.80. The van der Waals surface area contributed by atoms with Crippen molar-refractivity contribution in [2.24, 2.45) is 0 Å². The topological polar surface area (TPSA) is 67.8 Å². The maximum Gasteiger partial charge on any atom is 0.270 e. The summed E-state index contributed by atoms with van der Waals surface area (Å²) in [6.45, 7) is 0.357. The predicted molar refractivity (Wildman–Crippen MR) is 77.8 cm³/mol. The number of halogens is 1. The number of thiophene rings is 1. The average Bonchev–Trinajstić information content (AvgIpc) is 2.85. The SMILES string of the molecule is O=C(NCc1cncnc1)c1nccc2sc(Cl)cc12. The highest BCUT2D eigenvalue weighted by Gasteiger charge is 2.13. The van der Waals surface area contributed by atoms with Crippen molar-refractivity contribution in [3.63, 3.8) is 0 Å². The van der Waals surface area contributed by atoms with Gasteiger partial charge in [-0.05, 0) is 12.1 Å². The Kier molecular flexibility index (Phi) is 3.58. The Bertz CT molecular complexity index is 759. The van der Waals surface area contributed by atoms with Crippen LogP contribution in [0.5, 0.6) is 0 Å². The van der Waals surface area contributed by atoms with E-state index in [2.05, 4.69) is 20.3 Å². The summed E-state index contributed by atoms with van der Waals surface area (Å²) in [6, 6.07) is 3.60. The van der Waals surface area contributed by atoms with Gasteiger partial charge in [0.25, 0.3) is 5.91 Å². The van der Waals surface area contributed by atoms with Gasteiger partial charge in [0.15, 0.2) is 0 Å². The number of carbonyl (C=O) groups excluding carboxylic acids is 1. The molecule has 0 aliphatic heterocycles. The lowest BCUT2D eigenvalue weighted by atomic mass is 10.2. The van der Waals surface area contributed by atoms with Gasteiger partial charge in [0, 0.05) is 40.8 Å². The molecule has 0 aliphatic rings. The van der Waals surface area contributed by atoms with Gasteiger partial charge in [-0.15, -0.1) is 11.3 Å². The van der Waals surface area contributed by atoms with Crippen LogP contribution >= 0.6 is 22.9 Å². The zero-order valence-electron chi connectivity index (χ0n) is 10.2. The van der Waals surface area contributed by atoms with Crippen molar-refractivity contribution in [1.29, 1.82) is 0 Å². The third-order valence-electron chi connectivity index (χ3n) is 2.70. The summed E-state index contributed by atoms with van der Waals surface area (Å²) in [5, 5.41) is 3.56. The number of hydrogen-bond donors (Lipinski definition) is 1. The molecule has 7 heteroatoms. The minimum Gasteiger partial charge on any atom is -0.346 e. The van der Waals surface area contributed by atoms with E-state index in [1.807, 2.05) is 6.07 Å². The molecule has 1 amide bonds. The Balaban J connectivity index is 1.82. The van der Waals surface area contributed by atoms with Crippen LogP contribution in [-0.4, -0.2) is 20.9 Å². The van der Waals surface area contributed by atoms with E-state index in [-0.39, 0.29) is 5.91 Å². The largest absolute Gasteiger partial charge is 0.346 e. The molecular formula is C13H9ClN4OS. The standard InChI is InChI=1S/C13H9ClN4OS/c14-11-3-9-10(20-11)1-2-17-12(9)13(19)18-6-8-4-15-7-16-5-8/h1-5,7H,6H2,(H,18,19). The van der Waals surface area contributed by atoms with Crippen molar-refractivity contribution in [3.8, 4) is 0 Å². The summed E-state index contributed by atoms with van der Waals surface area (Å²) in [6.07, 6.45) is 6.36. The van der Waals surface area contributed by atoms with Crippen molar-refractivity contribution >= 4 is 38.9 Å². The Labute approximate surface area is 123 Å². The number of pyridine rings is 1. The van der Waals surface area contributed by atoms with Crippen molar-refractivity contribution < 1.29 is 4.79 Å². The molecular weight excluding hydrogens is 296 g/mol. The van der Waals surface area contributed by atoms with Gasteiger partial charge in [-0.1, -0.05) is 11.6 Å². The molecule has 0 bridgehead atoms. The second-order valence-electron chi connectivity index (χ2n) is 4.05. The number of nitrogens with zero attached hydrogens (tertiary/aromatic N) is 3. The summed E-state index contributed by atoms with van der Waals surface area (Å²) < 4.78 is 1.58. The van der Waals surface area contributed by atoms with Crippen LogP contribution in [-0.2, 0) is 6.54 Å². The van der Waals surface area contributed by atoms with E-state index in [1.54, 1.807) is 24.7 Å². The van der Waals surface area contributed by atoms with Gasteiger partial charge >= 0.3 is 0 Å². The van der Waals surface area contributed by atoms with Gasteiger partial charge in [0.1, 0.15) is 12.0 Å². The summed E-state index contributed by atoms with van der Waals surface area (Å²) in [5.41, 5.74) is 1.21. The highest BCUT2D eigenvalue weighted by atomic mass is 35.5. The van der Waals surface area contributed by atoms with Gasteiger partial charge in [0.05, 0.1) is 4.34 Å². The minimum absolute atomic E-state index is 0.242. The molecule has 0 saturated heterocycles. The van der Waals surface area contributed by atoms with Crippen molar-refractivity contribution in [2.75, 3.05) is 0 Å². The third kappa shape index (κ3) is 2.61. The molecule has 3 aromatic heterocycles. The molecule has 20 heavy (non-hydrogen) atoms. The lowest BCUT2D eigenvalue weighted by Gasteiger charge is -2.04. The first-order chi connectivity index (χ1) is 9.74. The average molecular weight is 305 g/mol. The fourth-order valence-corrected chi connectivity index (χ4v) is 2.94. The molecule has 0 aromatic carbocycles. The number of nitrogens with one attached hydrogen (secondary N) is 1. The van der Waals surface area contributed by atoms with Gasteiger partial charge in [-0.3, -0.25) is 9.78 Å². The van der Waals surface area contributed by atoms with Gasteiger partial charge in [0.2, 0.25) is 0 Å². The summed E-state index contributed by atoms with van der Waals surface area (Å²) in [4.78, 5) is 24.1. The van der Waals surface area contributed by atoms with Gasteiger partial charge in [-0.2, -0.15) is 0 Å². The van der Waals surface area contributed by atoms with Gasteiger partial charge < -0.3 is 5.32 Å². The number of rotatable bonds is 3. The van der Waals surface area contributed by atoms with Crippen LogP contribution in [0.3, 0.4) is 0 Å². The lowest BCUT2D eigenvalue weighted by Crippen LogP contribution is -2.24. The van der Waals surface area contributed by atoms with Crippen LogP contribution < -0.4 is 5.32 Å².